The Kier molecular flexibility index (Phi) is 6.74. The first-order valence-electron chi connectivity index (χ1n) is 4.80. The molecule has 0 aromatic rings. The van der Waals surface area contributed by atoms with E-state index in [1.54, 1.807) is 0 Å². The average Bonchev–Trinajstić information content (AvgIpc) is 2.14. The van der Waals surface area contributed by atoms with E-state index in [-0.39, 0.29) is 12.5 Å². The minimum atomic E-state index is -0.952. The van der Waals surface area contributed by atoms with Crippen molar-refractivity contribution in [2.24, 2.45) is 0 Å². The van der Waals surface area contributed by atoms with Crippen LogP contribution in [0.4, 0.5) is 0 Å². The van der Waals surface area contributed by atoms with Crippen molar-refractivity contribution in [2.45, 2.75) is 32.7 Å². The second kappa shape index (κ2) is 7.32. The molecular weight excluding hydrogens is 184 g/mol. The molecule has 3 N–H and O–H groups in total. The van der Waals surface area contributed by atoms with Gasteiger partial charge in [0.25, 0.3) is 0 Å². The number of nitrogens with one attached hydrogen (secondary N) is 2. The molecule has 0 saturated heterocycles. The summed E-state index contributed by atoms with van der Waals surface area (Å²) in [5.74, 6) is -1.11. The summed E-state index contributed by atoms with van der Waals surface area (Å²) in [4.78, 5) is 21.5. The first kappa shape index (κ1) is 12.9. The summed E-state index contributed by atoms with van der Waals surface area (Å²) in [7, 11) is 0. The van der Waals surface area contributed by atoms with Crippen LogP contribution in [0.15, 0.2) is 0 Å². The molecule has 14 heavy (non-hydrogen) atoms. The van der Waals surface area contributed by atoms with Crippen LogP contribution >= 0.6 is 0 Å². The van der Waals surface area contributed by atoms with Gasteiger partial charge in [0.1, 0.15) is 6.04 Å². The highest BCUT2D eigenvalue weighted by atomic mass is 16.4. The highest BCUT2D eigenvalue weighted by Gasteiger charge is 2.10. The van der Waals surface area contributed by atoms with Crippen molar-refractivity contribution in [3.63, 3.8) is 0 Å². The molecule has 1 atom stereocenters. The molecule has 5 heteroatoms. The largest absolute Gasteiger partial charge is 0.480 e. The van der Waals surface area contributed by atoms with Crippen LogP contribution < -0.4 is 10.6 Å². The van der Waals surface area contributed by atoms with Gasteiger partial charge in [-0.3, -0.25) is 14.9 Å². The van der Waals surface area contributed by atoms with E-state index in [0.29, 0.717) is 6.54 Å². The van der Waals surface area contributed by atoms with Gasteiger partial charge in [0, 0.05) is 6.54 Å². The van der Waals surface area contributed by atoms with Crippen LogP contribution in [0, 0.1) is 0 Å². The lowest BCUT2D eigenvalue weighted by molar-refractivity contribution is -0.139. The normalized spacial score (nSPS) is 12.1. The minimum absolute atomic E-state index is 0.0528. The van der Waals surface area contributed by atoms with E-state index in [4.69, 9.17) is 5.11 Å². The fraction of sp³-hybridized carbons (Fsp3) is 0.778. The van der Waals surface area contributed by atoms with E-state index in [9.17, 15) is 9.59 Å². The molecule has 0 fully saturated rings. The van der Waals surface area contributed by atoms with E-state index < -0.39 is 12.0 Å². The molecule has 0 aromatic carbocycles. The lowest BCUT2D eigenvalue weighted by Gasteiger charge is -2.08. The molecule has 0 spiro atoms. The predicted molar refractivity (Wildman–Crippen MR) is 53.0 cm³/mol. The quantitative estimate of drug-likeness (QED) is 0.506. The summed E-state index contributed by atoms with van der Waals surface area (Å²) in [6.07, 6.45) is 1.97. The predicted octanol–water partition coefficient (Wildman–Crippen LogP) is -0.0346. The summed E-state index contributed by atoms with van der Waals surface area (Å²) < 4.78 is 0. The van der Waals surface area contributed by atoms with Gasteiger partial charge in [-0.2, -0.15) is 0 Å². The number of hydrogen-bond acceptors (Lipinski definition) is 3. The number of aliphatic carboxylic acids is 1. The standard InChI is InChI=1S/C9H18N2O3/c1-3-4-5-10-8(12)6-11-7(2)9(13)14/h7,11H,3-6H2,1-2H3,(H,10,12)(H,13,14)/t7-/m1/s1. The minimum Gasteiger partial charge on any atom is -0.480 e. The zero-order valence-corrected chi connectivity index (χ0v) is 8.67. The van der Waals surface area contributed by atoms with Crippen LogP contribution in [0.5, 0.6) is 0 Å². The van der Waals surface area contributed by atoms with Crippen LogP contribution in [0.25, 0.3) is 0 Å². The molecule has 0 rings (SSSR count). The Morgan fingerprint density at radius 1 is 1.43 bits per heavy atom. The molecule has 0 radical (unpaired) electrons. The van der Waals surface area contributed by atoms with Crippen molar-refractivity contribution in [1.82, 2.24) is 10.6 Å². The lowest BCUT2D eigenvalue weighted by atomic mass is 10.3. The zero-order chi connectivity index (χ0) is 11.0. The molecule has 0 heterocycles. The molecule has 0 bridgehead atoms. The molecule has 0 saturated carbocycles. The molecule has 0 aliphatic rings. The van der Waals surface area contributed by atoms with Gasteiger partial charge in [-0.05, 0) is 13.3 Å². The van der Waals surface area contributed by atoms with Gasteiger partial charge in [-0.1, -0.05) is 13.3 Å². The highest BCUT2D eigenvalue weighted by Crippen LogP contribution is 1.83. The Labute approximate surface area is 83.9 Å². The number of amides is 1. The van der Waals surface area contributed by atoms with Crippen molar-refractivity contribution in [1.29, 1.82) is 0 Å². The number of carboxylic acid groups (broad SMARTS) is 1. The van der Waals surface area contributed by atoms with Gasteiger partial charge < -0.3 is 10.4 Å². The molecule has 0 aliphatic carbocycles. The van der Waals surface area contributed by atoms with Crippen molar-refractivity contribution >= 4 is 11.9 Å². The molecule has 0 aliphatic heterocycles. The van der Waals surface area contributed by atoms with Crippen LogP contribution in [0.1, 0.15) is 26.7 Å². The fourth-order valence-electron chi connectivity index (χ4n) is 0.800. The third kappa shape index (κ3) is 6.42. The van der Waals surface area contributed by atoms with Crippen molar-refractivity contribution in [2.75, 3.05) is 13.1 Å². The summed E-state index contributed by atoms with van der Waals surface area (Å²) in [6, 6.07) is -0.688. The van der Waals surface area contributed by atoms with Crippen LogP contribution in [-0.2, 0) is 9.59 Å². The topological polar surface area (TPSA) is 78.4 Å². The van der Waals surface area contributed by atoms with Gasteiger partial charge in [0.05, 0.1) is 6.54 Å². The molecule has 82 valence electrons. The van der Waals surface area contributed by atoms with Gasteiger partial charge in [0.2, 0.25) is 5.91 Å². The Hall–Kier alpha value is -1.10. The summed E-state index contributed by atoms with van der Waals surface area (Å²) >= 11 is 0. The second-order valence-corrected chi connectivity index (χ2v) is 3.14. The third-order valence-electron chi connectivity index (χ3n) is 1.79. The van der Waals surface area contributed by atoms with Crippen LogP contribution in [0.3, 0.4) is 0 Å². The van der Waals surface area contributed by atoms with E-state index in [1.807, 2.05) is 6.92 Å². The van der Waals surface area contributed by atoms with E-state index in [1.165, 1.54) is 6.92 Å². The summed E-state index contributed by atoms with van der Waals surface area (Å²) in [6.45, 7) is 4.24. The van der Waals surface area contributed by atoms with Crippen LogP contribution in [0.2, 0.25) is 0 Å². The highest BCUT2D eigenvalue weighted by molar-refractivity contribution is 5.79. The van der Waals surface area contributed by atoms with E-state index in [2.05, 4.69) is 10.6 Å². The van der Waals surface area contributed by atoms with Gasteiger partial charge in [-0.15, -0.1) is 0 Å². The van der Waals surface area contributed by atoms with Gasteiger partial charge >= 0.3 is 5.97 Å². The van der Waals surface area contributed by atoms with Crippen molar-refractivity contribution in [3.05, 3.63) is 0 Å². The van der Waals surface area contributed by atoms with E-state index >= 15 is 0 Å². The molecular formula is C9H18N2O3. The lowest BCUT2D eigenvalue weighted by Crippen LogP contribution is -2.41. The van der Waals surface area contributed by atoms with Crippen molar-refractivity contribution in [3.8, 4) is 0 Å². The molecule has 0 aromatic heterocycles. The average molecular weight is 202 g/mol. The monoisotopic (exact) mass is 202 g/mol. The number of hydrogen-bond donors (Lipinski definition) is 3. The SMILES string of the molecule is CCCCNC(=O)CN[C@H](C)C(=O)O. The Balaban J connectivity index is 3.48. The number of unbranched alkanes of at least 4 members (excludes halogenated alkanes) is 1. The Morgan fingerprint density at radius 2 is 2.07 bits per heavy atom. The Bertz CT molecular complexity index is 194. The maximum Gasteiger partial charge on any atom is 0.320 e. The van der Waals surface area contributed by atoms with Gasteiger partial charge in [0.15, 0.2) is 0 Å². The number of rotatable bonds is 7. The first-order chi connectivity index (χ1) is 6.57. The molecule has 5 nitrogen and oxygen atoms in total. The first-order valence-corrected chi connectivity index (χ1v) is 4.80. The van der Waals surface area contributed by atoms with Crippen molar-refractivity contribution < 1.29 is 14.7 Å². The van der Waals surface area contributed by atoms with Gasteiger partial charge in [-0.25, -0.2) is 0 Å². The Morgan fingerprint density at radius 3 is 2.57 bits per heavy atom. The number of carboxylic acids is 1. The summed E-state index contributed by atoms with van der Waals surface area (Å²) in [5.41, 5.74) is 0. The molecule has 0 unspecified atom stereocenters. The zero-order valence-electron chi connectivity index (χ0n) is 8.67. The maximum absolute atomic E-state index is 11.1. The summed E-state index contributed by atoms with van der Waals surface area (Å²) in [5, 5.41) is 13.8. The third-order valence-corrected chi connectivity index (χ3v) is 1.79. The smallest absolute Gasteiger partial charge is 0.320 e. The fourth-order valence-corrected chi connectivity index (χ4v) is 0.800. The van der Waals surface area contributed by atoms with Crippen LogP contribution in [-0.4, -0.2) is 36.1 Å². The second-order valence-electron chi connectivity index (χ2n) is 3.14. The van der Waals surface area contributed by atoms with E-state index in [0.717, 1.165) is 12.8 Å². The molecule has 1 amide bonds. The number of carbonyl (C=O) groups is 2. The maximum atomic E-state index is 11.1. The number of carbonyl (C=O) groups excluding carboxylic acids is 1.